The highest BCUT2D eigenvalue weighted by Crippen LogP contribution is 2.23. The molecule has 1 aliphatic rings. The second-order valence-electron chi connectivity index (χ2n) is 5.07. The highest BCUT2D eigenvalue weighted by atomic mass is 79.9. The van der Waals surface area contributed by atoms with Crippen LogP contribution in [0.3, 0.4) is 0 Å². The third-order valence-corrected chi connectivity index (χ3v) is 3.45. The number of rotatable bonds is 1. The van der Waals surface area contributed by atoms with E-state index in [-0.39, 0.29) is 23.9 Å². The Bertz CT molecular complexity index is 480. The van der Waals surface area contributed by atoms with Gasteiger partial charge in [0.25, 0.3) is 5.91 Å². The molecule has 106 valence electrons. The molecule has 4 nitrogen and oxygen atoms in total. The van der Waals surface area contributed by atoms with E-state index < -0.39 is 0 Å². The molecule has 1 fully saturated rings. The number of hydrogen-bond acceptors (Lipinski definition) is 3. The molecular formula is C13H18BrClN2O2. The van der Waals surface area contributed by atoms with E-state index in [2.05, 4.69) is 15.9 Å². The van der Waals surface area contributed by atoms with Gasteiger partial charge in [0, 0.05) is 23.2 Å². The summed E-state index contributed by atoms with van der Waals surface area (Å²) in [5, 5.41) is 0. The number of morpholine rings is 1. The van der Waals surface area contributed by atoms with E-state index in [1.807, 2.05) is 19.9 Å². The van der Waals surface area contributed by atoms with Crippen molar-refractivity contribution in [3.63, 3.8) is 0 Å². The zero-order chi connectivity index (χ0) is 13.3. The third-order valence-electron chi connectivity index (χ3n) is 2.96. The van der Waals surface area contributed by atoms with Crippen LogP contribution >= 0.6 is 28.3 Å². The average molecular weight is 350 g/mol. The van der Waals surface area contributed by atoms with Gasteiger partial charge in [0.05, 0.1) is 17.8 Å². The quantitative estimate of drug-likeness (QED) is 0.793. The van der Waals surface area contributed by atoms with Crippen LogP contribution in [0.1, 0.15) is 24.2 Å². The molecule has 1 heterocycles. The molecule has 1 amide bonds. The third kappa shape index (κ3) is 3.84. The molecule has 0 atom stereocenters. The maximum atomic E-state index is 12.4. The van der Waals surface area contributed by atoms with Gasteiger partial charge in [0.1, 0.15) is 0 Å². The van der Waals surface area contributed by atoms with Gasteiger partial charge in [-0.3, -0.25) is 4.79 Å². The lowest BCUT2D eigenvalue weighted by Crippen LogP contribution is -2.50. The molecule has 0 aliphatic carbocycles. The first-order valence-electron chi connectivity index (χ1n) is 5.87. The van der Waals surface area contributed by atoms with Crippen LogP contribution in [-0.4, -0.2) is 36.1 Å². The van der Waals surface area contributed by atoms with Gasteiger partial charge >= 0.3 is 0 Å². The predicted molar refractivity (Wildman–Crippen MR) is 81.7 cm³/mol. The molecule has 0 bridgehead atoms. The lowest BCUT2D eigenvalue weighted by atomic mass is 10.1. The summed E-state index contributed by atoms with van der Waals surface area (Å²) in [4.78, 5) is 14.2. The summed E-state index contributed by atoms with van der Waals surface area (Å²) in [6.45, 7) is 5.73. The number of anilines is 1. The van der Waals surface area contributed by atoms with Gasteiger partial charge < -0.3 is 15.4 Å². The number of nitrogens with zero attached hydrogens (tertiary/aromatic N) is 1. The van der Waals surface area contributed by atoms with Crippen molar-refractivity contribution in [1.82, 2.24) is 4.90 Å². The van der Waals surface area contributed by atoms with Gasteiger partial charge in [-0.25, -0.2) is 0 Å². The van der Waals surface area contributed by atoms with Crippen LogP contribution in [0.2, 0.25) is 0 Å². The fourth-order valence-electron chi connectivity index (χ4n) is 2.09. The Kier molecular flexibility index (Phi) is 5.24. The molecule has 1 aliphatic heterocycles. The van der Waals surface area contributed by atoms with Crippen molar-refractivity contribution < 1.29 is 9.53 Å². The lowest BCUT2D eigenvalue weighted by Gasteiger charge is -2.38. The average Bonchev–Trinajstić information content (AvgIpc) is 2.27. The zero-order valence-electron chi connectivity index (χ0n) is 11.0. The smallest absolute Gasteiger partial charge is 0.256 e. The van der Waals surface area contributed by atoms with Crippen molar-refractivity contribution in [2.45, 2.75) is 19.4 Å². The van der Waals surface area contributed by atoms with Gasteiger partial charge in [-0.2, -0.15) is 0 Å². The molecule has 2 rings (SSSR count). The maximum Gasteiger partial charge on any atom is 0.256 e. The molecule has 2 N–H and O–H groups in total. The number of amides is 1. The van der Waals surface area contributed by atoms with Crippen molar-refractivity contribution in [3.05, 3.63) is 28.2 Å². The van der Waals surface area contributed by atoms with Gasteiger partial charge in [-0.1, -0.05) is 15.9 Å². The highest BCUT2D eigenvalue weighted by Gasteiger charge is 2.30. The topological polar surface area (TPSA) is 55.6 Å². The van der Waals surface area contributed by atoms with E-state index in [0.717, 1.165) is 4.47 Å². The highest BCUT2D eigenvalue weighted by molar-refractivity contribution is 9.10. The monoisotopic (exact) mass is 348 g/mol. The van der Waals surface area contributed by atoms with Crippen LogP contribution in [0, 0.1) is 0 Å². The van der Waals surface area contributed by atoms with E-state index in [1.54, 1.807) is 17.0 Å². The van der Waals surface area contributed by atoms with Crippen molar-refractivity contribution >= 4 is 39.9 Å². The molecule has 1 aromatic rings. The first-order chi connectivity index (χ1) is 8.39. The molecule has 0 radical (unpaired) electrons. The van der Waals surface area contributed by atoms with Crippen LogP contribution < -0.4 is 5.73 Å². The second kappa shape index (κ2) is 6.11. The second-order valence-corrected chi connectivity index (χ2v) is 5.98. The van der Waals surface area contributed by atoms with Gasteiger partial charge in [0.15, 0.2) is 0 Å². The first kappa shape index (κ1) is 16.3. The van der Waals surface area contributed by atoms with Crippen LogP contribution in [-0.2, 0) is 4.74 Å². The molecule has 0 aromatic heterocycles. The Hall–Kier alpha value is -0.780. The number of nitrogen functional groups attached to an aromatic ring is 1. The van der Waals surface area contributed by atoms with Crippen LogP contribution in [0.4, 0.5) is 5.69 Å². The Labute approximate surface area is 127 Å². The van der Waals surface area contributed by atoms with E-state index in [4.69, 9.17) is 10.5 Å². The Morgan fingerprint density at radius 3 is 2.74 bits per heavy atom. The molecule has 19 heavy (non-hydrogen) atoms. The fraction of sp³-hybridized carbons (Fsp3) is 0.462. The van der Waals surface area contributed by atoms with Gasteiger partial charge in [-0.15, -0.1) is 12.4 Å². The van der Waals surface area contributed by atoms with Crippen molar-refractivity contribution in [1.29, 1.82) is 0 Å². The zero-order valence-corrected chi connectivity index (χ0v) is 13.4. The van der Waals surface area contributed by atoms with E-state index in [0.29, 0.717) is 30.9 Å². The summed E-state index contributed by atoms with van der Waals surface area (Å²) in [5.74, 6) is -0.0311. The van der Waals surface area contributed by atoms with E-state index in [9.17, 15) is 4.79 Å². The molecule has 0 spiro atoms. The fourth-order valence-corrected chi connectivity index (χ4v) is 2.47. The summed E-state index contributed by atoms with van der Waals surface area (Å²) < 4.78 is 6.47. The lowest BCUT2D eigenvalue weighted by molar-refractivity contribution is -0.0763. The van der Waals surface area contributed by atoms with Crippen LogP contribution in [0.5, 0.6) is 0 Å². The minimum absolute atomic E-state index is 0. The van der Waals surface area contributed by atoms with E-state index in [1.165, 1.54) is 0 Å². The number of ether oxygens (including phenoxy) is 1. The van der Waals surface area contributed by atoms with Gasteiger partial charge in [-0.05, 0) is 32.0 Å². The molecule has 0 unspecified atom stereocenters. The van der Waals surface area contributed by atoms with Crippen molar-refractivity contribution in [2.75, 3.05) is 25.4 Å². The van der Waals surface area contributed by atoms with Crippen molar-refractivity contribution in [2.24, 2.45) is 0 Å². The standard InChI is InChI=1S/C13H17BrN2O2.ClH/c1-13(2)8-16(5-6-18-13)12(17)10-4-3-9(14)7-11(10)15;/h3-4,7H,5-6,8,15H2,1-2H3;1H. The first-order valence-corrected chi connectivity index (χ1v) is 6.67. The van der Waals surface area contributed by atoms with Crippen LogP contribution in [0.25, 0.3) is 0 Å². The number of hydrogen-bond donors (Lipinski definition) is 1. The molecule has 0 saturated carbocycles. The molecular weight excluding hydrogens is 332 g/mol. The summed E-state index contributed by atoms with van der Waals surface area (Å²) in [6.07, 6.45) is 0. The molecule has 1 aromatic carbocycles. The van der Waals surface area contributed by atoms with Crippen LogP contribution in [0.15, 0.2) is 22.7 Å². The number of benzene rings is 1. The summed E-state index contributed by atoms with van der Waals surface area (Å²) in [7, 11) is 0. The largest absolute Gasteiger partial charge is 0.398 e. The number of nitrogens with two attached hydrogens (primary N) is 1. The minimum Gasteiger partial charge on any atom is -0.398 e. The summed E-state index contributed by atoms with van der Waals surface area (Å²) >= 11 is 3.33. The number of halogens is 2. The Morgan fingerprint density at radius 2 is 2.16 bits per heavy atom. The summed E-state index contributed by atoms with van der Waals surface area (Å²) in [6, 6.07) is 5.33. The number of carbonyl (C=O) groups is 1. The number of carbonyl (C=O) groups excluding carboxylic acids is 1. The molecule has 6 heteroatoms. The summed E-state index contributed by atoms with van der Waals surface area (Å²) in [5.41, 5.74) is 6.64. The normalized spacial score (nSPS) is 17.7. The molecule has 1 saturated heterocycles. The Balaban J connectivity index is 0.00000180. The maximum absolute atomic E-state index is 12.4. The predicted octanol–water partition coefficient (Wildman–Crippen LogP) is 2.70. The Morgan fingerprint density at radius 1 is 1.47 bits per heavy atom. The van der Waals surface area contributed by atoms with Crippen molar-refractivity contribution in [3.8, 4) is 0 Å². The SMILES string of the molecule is CC1(C)CN(C(=O)c2ccc(Br)cc2N)CCO1.Cl. The van der Waals surface area contributed by atoms with E-state index >= 15 is 0 Å². The minimum atomic E-state index is -0.294. The van der Waals surface area contributed by atoms with Gasteiger partial charge in [0.2, 0.25) is 0 Å².